The molecule has 4 nitrogen and oxygen atoms in total. The number of nitrogens with zero attached hydrogens (tertiary/aromatic N) is 1. The maximum absolute atomic E-state index is 10.3. The summed E-state index contributed by atoms with van der Waals surface area (Å²) in [6.07, 6.45) is 1.36. The smallest absolute Gasteiger partial charge is 0.332 e. The van der Waals surface area contributed by atoms with E-state index in [0.717, 1.165) is 0 Å². The summed E-state index contributed by atoms with van der Waals surface area (Å²) in [5.41, 5.74) is 7.45. The Hall–Kier alpha value is -1.26. The molecule has 6 heteroatoms. The van der Waals surface area contributed by atoms with Gasteiger partial charge in [0.2, 0.25) is 0 Å². The summed E-state index contributed by atoms with van der Waals surface area (Å²) >= 11 is 11.6. The highest BCUT2D eigenvalue weighted by Crippen LogP contribution is 2.23. The molecule has 14 heavy (non-hydrogen) atoms. The van der Waals surface area contributed by atoms with Crippen LogP contribution in [0, 0.1) is 0 Å². The highest BCUT2D eigenvalue weighted by atomic mass is 35.5. The minimum atomic E-state index is -0.737. The maximum atomic E-state index is 10.3. The maximum Gasteiger partial charge on any atom is 0.332 e. The lowest BCUT2D eigenvalue weighted by Crippen LogP contribution is -2.24. The average molecular weight is 232 g/mol. The van der Waals surface area contributed by atoms with Gasteiger partial charge in [0, 0.05) is 5.56 Å². The van der Waals surface area contributed by atoms with E-state index in [4.69, 9.17) is 28.9 Å². The zero-order chi connectivity index (χ0) is 10.6. The molecule has 1 aromatic carbocycles. The number of hydrogen-bond donors (Lipinski definition) is 2. The number of halogens is 2. The van der Waals surface area contributed by atoms with Crippen molar-refractivity contribution in [1.82, 2.24) is 5.43 Å². The van der Waals surface area contributed by atoms with Gasteiger partial charge in [-0.2, -0.15) is 5.10 Å². The van der Waals surface area contributed by atoms with E-state index in [1.165, 1.54) is 6.21 Å². The zero-order valence-corrected chi connectivity index (χ0v) is 8.51. The molecule has 74 valence electrons. The topological polar surface area (TPSA) is 67.5 Å². The number of nitrogens with two attached hydrogens (primary N) is 1. The Morgan fingerprint density at radius 3 is 2.86 bits per heavy atom. The SMILES string of the molecule is NC(=O)N/N=C/c1cccc(Cl)c1Cl. The first-order valence-electron chi connectivity index (χ1n) is 3.64. The van der Waals surface area contributed by atoms with Crippen LogP contribution < -0.4 is 11.2 Å². The molecular weight excluding hydrogens is 225 g/mol. The third-order valence-electron chi connectivity index (χ3n) is 1.36. The number of benzene rings is 1. The third kappa shape index (κ3) is 2.90. The van der Waals surface area contributed by atoms with E-state index in [1.54, 1.807) is 18.2 Å². The number of primary amides is 1. The van der Waals surface area contributed by atoms with Crippen molar-refractivity contribution < 1.29 is 4.79 Å². The van der Waals surface area contributed by atoms with Gasteiger partial charge in [-0.05, 0) is 6.07 Å². The van der Waals surface area contributed by atoms with Crippen LogP contribution in [0.1, 0.15) is 5.56 Å². The summed E-state index contributed by atoms with van der Waals surface area (Å²) in [5, 5.41) is 4.35. The number of hydrazone groups is 1. The van der Waals surface area contributed by atoms with E-state index in [2.05, 4.69) is 5.10 Å². The third-order valence-corrected chi connectivity index (χ3v) is 2.19. The van der Waals surface area contributed by atoms with Crippen LogP contribution in [-0.2, 0) is 0 Å². The number of rotatable bonds is 2. The fourth-order valence-electron chi connectivity index (χ4n) is 0.786. The first kappa shape index (κ1) is 10.8. The monoisotopic (exact) mass is 231 g/mol. The van der Waals surface area contributed by atoms with Crippen LogP contribution in [0.3, 0.4) is 0 Å². The standard InChI is InChI=1S/C8H7Cl2N3O/c9-6-3-1-2-5(7(6)10)4-12-13-8(11)14/h1-4H,(H3,11,13,14)/b12-4+. The lowest BCUT2D eigenvalue weighted by Gasteiger charge is -1.98. The number of nitrogens with one attached hydrogen (secondary N) is 1. The quantitative estimate of drug-likeness (QED) is 0.594. The second-order valence-electron chi connectivity index (χ2n) is 2.38. The van der Waals surface area contributed by atoms with E-state index in [-0.39, 0.29) is 0 Å². The summed E-state index contributed by atoms with van der Waals surface area (Å²) in [5.74, 6) is 0. The van der Waals surface area contributed by atoms with Crippen molar-refractivity contribution >= 4 is 35.4 Å². The summed E-state index contributed by atoms with van der Waals surface area (Å²) in [7, 11) is 0. The Balaban J connectivity index is 2.81. The zero-order valence-electron chi connectivity index (χ0n) is 7.00. The van der Waals surface area contributed by atoms with Crippen molar-refractivity contribution in [3.63, 3.8) is 0 Å². The first-order chi connectivity index (χ1) is 6.61. The van der Waals surface area contributed by atoms with Crippen LogP contribution in [0.4, 0.5) is 4.79 Å². The molecule has 0 bridgehead atoms. The molecule has 0 aliphatic carbocycles. The molecule has 3 N–H and O–H groups in total. The number of amides is 2. The van der Waals surface area contributed by atoms with Gasteiger partial charge >= 0.3 is 6.03 Å². The largest absolute Gasteiger partial charge is 0.350 e. The van der Waals surface area contributed by atoms with Gasteiger partial charge in [0.05, 0.1) is 16.3 Å². The summed E-state index contributed by atoms with van der Waals surface area (Å²) in [4.78, 5) is 10.3. The normalized spacial score (nSPS) is 10.4. The van der Waals surface area contributed by atoms with Crippen molar-refractivity contribution in [2.45, 2.75) is 0 Å². The van der Waals surface area contributed by atoms with Crippen molar-refractivity contribution in [1.29, 1.82) is 0 Å². The van der Waals surface area contributed by atoms with Crippen LogP contribution >= 0.6 is 23.2 Å². The van der Waals surface area contributed by atoms with Gasteiger partial charge in [-0.25, -0.2) is 10.2 Å². The van der Waals surface area contributed by atoms with E-state index >= 15 is 0 Å². The van der Waals surface area contributed by atoms with Gasteiger partial charge in [-0.3, -0.25) is 0 Å². The number of carbonyl (C=O) groups is 1. The Bertz CT molecular complexity index is 379. The van der Waals surface area contributed by atoms with Crippen molar-refractivity contribution in [2.75, 3.05) is 0 Å². The lowest BCUT2D eigenvalue weighted by atomic mass is 10.2. The molecule has 1 rings (SSSR count). The predicted molar refractivity (Wildman–Crippen MR) is 56.8 cm³/mol. The van der Waals surface area contributed by atoms with Crippen LogP contribution in [0.15, 0.2) is 23.3 Å². The lowest BCUT2D eigenvalue weighted by molar-refractivity contribution is 0.249. The number of carbonyl (C=O) groups excluding carboxylic acids is 1. The van der Waals surface area contributed by atoms with Gasteiger partial charge < -0.3 is 5.73 Å². The van der Waals surface area contributed by atoms with Crippen LogP contribution in [0.5, 0.6) is 0 Å². The highest BCUT2D eigenvalue weighted by molar-refractivity contribution is 6.43. The number of urea groups is 1. The molecule has 0 aliphatic heterocycles. The van der Waals surface area contributed by atoms with Crippen LogP contribution in [-0.4, -0.2) is 12.2 Å². The molecule has 0 saturated carbocycles. The molecular formula is C8H7Cl2N3O. The molecule has 0 saturated heterocycles. The highest BCUT2D eigenvalue weighted by Gasteiger charge is 2.00. The molecule has 0 fully saturated rings. The van der Waals surface area contributed by atoms with E-state index in [0.29, 0.717) is 15.6 Å². The van der Waals surface area contributed by atoms with Crippen molar-refractivity contribution in [3.8, 4) is 0 Å². The minimum Gasteiger partial charge on any atom is -0.350 e. The molecule has 0 spiro atoms. The molecule has 2 amide bonds. The fraction of sp³-hybridized carbons (Fsp3) is 0. The summed E-state index contributed by atoms with van der Waals surface area (Å²) < 4.78 is 0. The van der Waals surface area contributed by atoms with E-state index in [9.17, 15) is 4.79 Å². The fourth-order valence-corrected chi connectivity index (χ4v) is 1.14. The van der Waals surface area contributed by atoms with Gasteiger partial charge in [-0.15, -0.1) is 0 Å². The average Bonchev–Trinajstić information content (AvgIpc) is 2.12. The summed E-state index contributed by atoms with van der Waals surface area (Å²) in [6.45, 7) is 0. The van der Waals surface area contributed by atoms with Gasteiger partial charge in [0.25, 0.3) is 0 Å². The Labute approximate surface area is 90.7 Å². The van der Waals surface area contributed by atoms with Crippen LogP contribution in [0.25, 0.3) is 0 Å². The second-order valence-corrected chi connectivity index (χ2v) is 3.16. The Morgan fingerprint density at radius 1 is 1.50 bits per heavy atom. The van der Waals surface area contributed by atoms with Crippen molar-refractivity contribution in [2.24, 2.45) is 10.8 Å². The summed E-state index contributed by atoms with van der Waals surface area (Å²) in [6, 6.07) is 4.35. The van der Waals surface area contributed by atoms with Gasteiger partial charge in [0.1, 0.15) is 0 Å². The molecule has 0 heterocycles. The molecule has 0 aromatic heterocycles. The molecule has 0 unspecified atom stereocenters. The van der Waals surface area contributed by atoms with Crippen molar-refractivity contribution in [3.05, 3.63) is 33.8 Å². The first-order valence-corrected chi connectivity index (χ1v) is 4.39. The predicted octanol–water partition coefficient (Wildman–Crippen LogP) is 2.00. The minimum absolute atomic E-state index is 0.379. The second kappa shape index (κ2) is 4.83. The van der Waals surface area contributed by atoms with Gasteiger partial charge in [-0.1, -0.05) is 35.3 Å². The number of hydrogen-bond acceptors (Lipinski definition) is 2. The van der Waals surface area contributed by atoms with E-state index in [1.807, 2.05) is 5.43 Å². The van der Waals surface area contributed by atoms with Crippen LogP contribution in [0.2, 0.25) is 10.0 Å². The molecule has 0 radical (unpaired) electrons. The Morgan fingerprint density at radius 2 is 2.21 bits per heavy atom. The van der Waals surface area contributed by atoms with E-state index < -0.39 is 6.03 Å². The molecule has 1 aromatic rings. The van der Waals surface area contributed by atoms with Gasteiger partial charge in [0.15, 0.2) is 0 Å². The molecule has 0 aliphatic rings. The Kier molecular flexibility index (Phi) is 3.73. The molecule has 0 atom stereocenters.